The van der Waals surface area contributed by atoms with E-state index in [-0.39, 0.29) is 6.61 Å². The highest BCUT2D eigenvalue weighted by molar-refractivity contribution is 5.93. The molecule has 0 atom stereocenters. The lowest BCUT2D eigenvalue weighted by molar-refractivity contribution is 0.206. The van der Waals surface area contributed by atoms with Crippen molar-refractivity contribution in [3.05, 3.63) is 36.0 Å². The van der Waals surface area contributed by atoms with Gasteiger partial charge in [-0.1, -0.05) is 25.1 Å². The molecule has 110 valence electrons. The second kappa shape index (κ2) is 7.58. The first-order valence-corrected chi connectivity index (χ1v) is 7.15. The molecule has 0 aliphatic carbocycles. The van der Waals surface area contributed by atoms with Crippen molar-refractivity contribution < 1.29 is 5.11 Å². The van der Waals surface area contributed by atoms with Crippen LogP contribution < -0.4 is 5.32 Å². The Hall–Kier alpha value is -2.16. The van der Waals surface area contributed by atoms with Gasteiger partial charge in [0.2, 0.25) is 0 Å². The van der Waals surface area contributed by atoms with E-state index in [1.807, 2.05) is 24.3 Å². The Labute approximate surface area is 124 Å². The zero-order chi connectivity index (χ0) is 15.1. The van der Waals surface area contributed by atoms with Crippen LogP contribution in [-0.4, -0.2) is 47.8 Å². The Bertz CT molecular complexity index is 636. The highest BCUT2D eigenvalue weighted by atomic mass is 16.3. The van der Waals surface area contributed by atoms with Crippen molar-refractivity contribution in [3.8, 4) is 6.07 Å². The normalized spacial score (nSPS) is 10.8. The summed E-state index contributed by atoms with van der Waals surface area (Å²) in [5.41, 5.74) is 2.27. The molecule has 0 saturated carbocycles. The van der Waals surface area contributed by atoms with Gasteiger partial charge in [-0.2, -0.15) is 5.26 Å². The van der Waals surface area contributed by atoms with Crippen LogP contribution in [0.15, 0.2) is 30.5 Å². The van der Waals surface area contributed by atoms with Crippen LogP contribution >= 0.6 is 0 Å². The quantitative estimate of drug-likeness (QED) is 0.811. The van der Waals surface area contributed by atoms with E-state index in [2.05, 4.69) is 28.2 Å². The average Bonchev–Trinajstić information content (AvgIpc) is 2.54. The molecule has 5 nitrogen and oxygen atoms in total. The summed E-state index contributed by atoms with van der Waals surface area (Å²) >= 11 is 0. The molecule has 0 fully saturated rings. The Morgan fingerprint density at radius 3 is 2.86 bits per heavy atom. The molecule has 1 heterocycles. The number of aliphatic hydroxyl groups excluding tert-OH is 1. The predicted octanol–water partition coefficient (Wildman–Crippen LogP) is 1.83. The lowest BCUT2D eigenvalue weighted by Crippen LogP contribution is -2.31. The third kappa shape index (κ3) is 3.69. The summed E-state index contributed by atoms with van der Waals surface area (Å²) in [5, 5.41) is 22.5. The molecule has 2 rings (SSSR count). The van der Waals surface area contributed by atoms with E-state index in [4.69, 9.17) is 5.11 Å². The minimum atomic E-state index is 0.162. The van der Waals surface area contributed by atoms with Crippen LogP contribution in [0.5, 0.6) is 0 Å². The lowest BCUT2D eigenvalue weighted by atomic mass is 10.1. The number of likely N-dealkylation sites (N-methyl/N-ethyl adjacent to an activating group) is 1. The number of fused-ring (bicyclic) bond motifs is 1. The Morgan fingerprint density at radius 1 is 1.33 bits per heavy atom. The van der Waals surface area contributed by atoms with Crippen molar-refractivity contribution in [1.82, 2.24) is 9.88 Å². The summed E-state index contributed by atoms with van der Waals surface area (Å²) in [6, 6.07) is 9.97. The van der Waals surface area contributed by atoms with Crippen LogP contribution in [-0.2, 0) is 0 Å². The van der Waals surface area contributed by atoms with Crippen LogP contribution in [0.3, 0.4) is 0 Å². The maximum absolute atomic E-state index is 9.24. The standard InChI is InChI=1S/C16H20N4O/c1-2-20(9-10-21)8-7-18-16-13(11-17)12-19-15-6-4-3-5-14(15)16/h3-6,12,21H,2,7-10H2,1H3,(H,18,19). The Kier molecular flexibility index (Phi) is 5.50. The number of hydrogen-bond donors (Lipinski definition) is 2. The van der Waals surface area contributed by atoms with Gasteiger partial charge in [0.25, 0.3) is 0 Å². The van der Waals surface area contributed by atoms with E-state index in [0.29, 0.717) is 12.1 Å². The van der Waals surface area contributed by atoms with Crippen molar-refractivity contribution >= 4 is 16.6 Å². The number of nitriles is 1. The molecular weight excluding hydrogens is 264 g/mol. The number of nitrogens with one attached hydrogen (secondary N) is 1. The minimum absolute atomic E-state index is 0.162. The van der Waals surface area contributed by atoms with Gasteiger partial charge in [0, 0.05) is 31.2 Å². The molecule has 0 aliphatic rings. The van der Waals surface area contributed by atoms with Crippen LogP contribution in [0.2, 0.25) is 0 Å². The molecule has 0 bridgehead atoms. The fourth-order valence-corrected chi connectivity index (χ4v) is 2.33. The van der Waals surface area contributed by atoms with Crippen molar-refractivity contribution in [1.29, 1.82) is 5.26 Å². The molecule has 0 unspecified atom stereocenters. The van der Waals surface area contributed by atoms with Gasteiger partial charge in [0.15, 0.2) is 0 Å². The number of aromatic nitrogens is 1. The first-order chi connectivity index (χ1) is 10.3. The molecule has 2 N–H and O–H groups in total. The molecule has 21 heavy (non-hydrogen) atoms. The van der Waals surface area contributed by atoms with Gasteiger partial charge in [-0.25, -0.2) is 0 Å². The smallest absolute Gasteiger partial charge is 0.103 e. The summed E-state index contributed by atoms with van der Waals surface area (Å²) in [5.74, 6) is 0. The SMILES string of the molecule is CCN(CCO)CCNc1c(C#N)cnc2ccccc12. The highest BCUT2D eigenvalue weighted by Gasteiger charge is 2.08. The van der Waals surface area contributed by atoms with Gasteiger partial charge < -0.3 is 10.4 Å². The molecule has 0 saturated heterocycles. The van der Waals surface area contributed by atoms with Crippen molar-refractivity contribution in [2.45, 2.75) is 6.92 Å². The molecule has 0 amide bonds. The summed E-state index contributed by atoms with van der Waals surface area (Å²) in [7, 11) is 0. The molecular formula is C16H20N4O. The summed E-state index contributed by atoms with van der Waals surface area (Å²) in [6.45, 7) is 5.33. The summed E-state index contributed by atoms with van der Waals surface area (Å²) < 4.78 is 0. The van der Waals surface area contributed by atoms with E-state index in [1.54, 1.807) is 6.20 Å². The molecule has 5 heteroatoms. The van der Waals surface area contributed by atoms with E-state index >= 15 is 0 Å². The number of rotatable bonds is 7. The van der Waals surface area contributed by atoms with Gasteiger partial charge in [-0.15, -0.1) is 0 Å². The summed E-state index contributed by atoms with van der Waals surface area (Å²) in [4.78, 5) is 6.45. The van der Waals surface area contributed by atoms with E-state index in [1.165, 1.54) is 0 Å². The number of anilines is 1. The Morgan fingerprint density at radius 2 is 2.14 bits per heavy atom. The van der Waals surface area contributed by atoms with Gasteiger partial charge in [-0.05, 0) is 12.6 Å². The zero-order valence-electron chi connectivity index (χ0n) is 12.2. The first-order valence-electron chi connectivity index (χ1n) is 7.15. The Balaban J connectivity index is 2.15. The van der Waals surface area contributed by atoms with E-state index in [0.717, 1.165) is 36.2 Å². The highest BCUT2D eigenvalue weighted by Crippen LogP contribution is 2.24. The number of nitrogens with zero attached hydrogens (tertiary/aromatic N) is 3. The van der Waals surface area contributed by atoms with Gasteiger partial charge in [0.05, 0.1) is 23.4 Å². The third-order valence-corrected chi connectivity index (χ3v) is 3.49. The predicted molar refractivity (Wildman–Crippen MR) is 84.1 cm³/mol. The molecule has 2 aromatic rings. The zero-order valence-corrected chi connectivity index (χ0v) is 12.2. The van der Waals surface area contributed by atoms with Gasteiger partial charge in [0.1, 0.15) is 6.07 Å². The maximum atomic E-state index is 9.24. The first kappa shape index (κ1) is 15.2. The maximum Gasteiger partial charge on any atom is 0.103 e. The molecule has 0 radical (unpaired) electrons. The minimum Gasteiger partial charge on any atom is -0.395 e. The fraction of sp³-hybridized carbons (Fsp3) is 0.375. The second-order valence-corrected chi connectivity index (χ2v) is 4.76. The van der Waals surface area contributed by atoms with E-state index < -0.39 is 0 Å². The number of aliphatic hydroxyl groups is 1. The monoisotopic (exact) mass is 284 g/mol. The second-order valence-electron chi connectivity index (χ2n) is 4.76. The van der Waals surface area contributed by atoms with Crippen LogP contribution in [0.4, 0.5) is 5.69 Å². The van der Waals surface area contributed by atoms with Crippen molar-refractivity contribution in [3.63, 3.8) is 0 Å². The molecule has 0 spiro atoms. The number of hydrogen-bond acceptors (Lipinski definition) is 5. The average molecular weight is 284 g/mol. The lowest BCUT2D eigenvalue weighted by Gasteiger charge is -2.20. The van der Waals surface area contributed by atoms with Crippen LogP contribution in [0.25, 0.3) is 10.9 Å². The van der Waals surface area contributed by atoms with Crippen LogP contribution in [0, 0.1) is 11.3 Å². The van der Waals surface area contributed by atoms with Gasteiger partial charge in [-0.3, -0.25) is 9.88 Å². The largest absolute Gasteiger partial charge is 0.395 e. The van der Waals surface area contributed by atoms with Crippen LogP contribution in [0.1, 0.15) is 12.5 Å². The number of para-hydroxylation sites is 1. The molecule has 1 aromatic carbocycles. The third-order valence-electron chi connectivity index (χ3n) is 3.49. The van der Waals surface area contributed by atoms with Crippen molar-refractivity contribution in [2.24, 2.45) is 0 Å². The number of benzene rings is 1. The van der Waals surface area contributed by atoms with E-state index in [9.17, 15) is 5.26 Å². The number of pyridine rings is 1. The van der Waals surface area contributed by atoms with Gasteiger partial charge >= 0.3 is 0 Å². The summed E-state index contributed by atoms with van der Waals surface area (Å²) in [6.07, 6.45) is 1.61. The van der Waals surface area contributed by atoms with Crippen molar-refractivity contribution in [2.75, 3.05) is 38.1 Å². The molecule has 0 aliphatic heterocycles. The fourth-order valence-electron chi connectivity index (χ4n) is 2.33. The topological polar surface area (TPSA) is 72.2 Å². The molecule has 1 aromatic heterocycles.